The number of quaternary nitrogens is 1. The average molecular weight is 314 g/mol. The van der Waals surface area contributed by atoms with Crippen molar-refractivity contribution in [3.63, 3.8) is 0 Å². The molecule has 0 atom stereocenters. The Balaban J connectivity index is 2.60. The predicted molar refractivity (Wildman–Crippen MR) is 83.5 cm³/mol. The van der Waals surface area contributed by atoms with Crippen LogP contribution in [-0.4, -0.2) is 53.0 Å². The zero-order chi connectivity index (χ0) is 16.1. The zero-order valence-corrected chi connectivity index (χ0v) is 13.8. The summed E-state index contributed by atoms with van der Waals surface area (Å²) in [5, 5.41) is 2.60. The number of benzene rings is 1. The smallest absolute Gasteiger partial charge is 0.240 e. The first-order valence-corrected chi connectivity index (χ1v) is 8.26. The van der Waals surface area contributed by atoms with E-state index in [1.54, 1.807) is 12.1 Å². The van der Waals surface area contributed by atoms with Gasteiger partial charge in [0.15, 0.2) is 0 Å². The SMILES string of the molecule is CC(=O)Nc1ccc(S(=O)(=O)NCCC[N+](C)(C)C)cc1. The Hall–Kier alpha value is -1.44. The minimum atomic E-state index is -3.49. The minimum Gasteiger partial charge on any atom is -0.331 e. The molecule has 1 rings (SSSR count). The molecule has 0 bridgehead atoms. The molecular formula is C14H24N3O3S+. The predicted octanol–water partition coefficient (Wildman–Crippen LogP) is 1.02. The molecule has 6 nitrogen and oxygen atoms in total. The number of sulfonamides is 1. The third-order valence-electron chi connectivity index (χ3n) is 2.78. The Morgan fingerprint density at radius 3 is 2.19 bits per heavy atom. The van der Waals surface area contributed by atoms with Crippen LogP contribution in [0.4, 0.5) is 5.69 Å². The molecule has 7 heteroatoms. The van der Waals surface area contributed by atoms with Gasteiger partial charge in [-0.2, -0.15) is 0 Å². The van der Waals surface area contributed by atoms with Gasteiger partial charge in [-0.05, 0) is 24.3 Å². The number of rotatable bonds is 7. The molecule has 0 saturated carbocycles. The molecule has 1 aromatic rings. The second-order valence-corrected chi connectivity index (χ2v) is 7.74. The fourth-order valence-corrected chi connectivity index (χ4v) is 2.84. The summed E-state index contributed by atoms with van der Waals surface area (Å²) >= 11 is 0. The minimum absolute atomic E-state index is 0.191. The van der Waals surface area contributed by atoms with Gasteiger partial charge in [0.25, 0.3) is 0 Å². The Labute approximate surface area is 126 Å². The molecule has 1 aromatic carbocycles. The highest BCUT2D eigenvalue weighted by Gasteiger charge is 2.14. The lowest BCUT2D eigenvalue weighted by Gasteiger charge is -2.23. The summed E-state index contributed by atoms with van der Waals surface area (Å²) in [6.07, 6.45) is 0.771. The van der Waals surface area contributed by atoms with Crippen LogP contribution in [0.25, 0.3) is 0 Å². The van der Waals surface area contributed by atoms with Gasteiger partial charge in [0.05, 0.1) is 32.6 Å². The van der Waals surface area contributed by atoms with E-state index >= 15 is 0 Å². The molecule has 0 unspecified atom stereocenters. The van der Waals surface area contributed by atoms with Gasteiger partial charge in [-0.3, -0.25) is 4.79 Å². The summed E-state index contributed by atoms with van der Waals surface area (Å²) in [7, 11) is 2.70. The van der Waals surface area contributed by atoms with E-state index in [0.29, 0.717) is 12.2 Å². The fraction of sp³-hybridized carbons (Fsp3) is 0.500. The first kappa shape index (κ1) is 17.6. The number of hydrogen-bond donors (Lipinski definition) is 2. The Morgan fingerprint density at radius 1 is 1.14 bits per heavy atom. The molecule has 0 fully saturated rings. The molecule has 118 valence electrons. The molecule has 0 radical (unpaired) electrons. The summed E-state index contributed by atoms with van der Waals surface area (Å²) in [5.41, 5.74) is 0.575. The highest BCUT2D eigenvalue weighted by atomic mass is 32.2. The monoisotopic (exact) mass is 314 g/mol. The van der Waals surface area contributed by atoms with Crippen LogP contribution in [0.5, 0.6) is 0 Å². The van der Waals surface area contributed by atoms with Crippen LogP contribution in [0.3, 0.4) is 0 Å². The third kappa shape index (κ3) is 6.70. The van der Waals surface area contributed by atoms with Crippen LogP contribution >= 0.6 is 0 Å². The molecule has 2 N–H and O–H groups in total. The lowest BCUT2D eigenvalue weighted by molar-refractivity contribution is -0.870. The number of carbonyl (C=O) groups excluding carboxylic acids is 1. The maximum absolute atomic E-state index is 12.1. The largest absolute Gasteiger partial charge is 0.331 e. The molecule has 0 aliphatic carbocycles. The van der Waals surface area contributed by atoms with Crippen molar-refractivity contribution in [2.75, 3.05) is 39.5 Å². The summed E-state index contributed by atoms with van der Waals surface area (Å²) in [6.45, 7) is 2.70. The number of anilines is 1. The Morgan fingerprint density at radius 2 is 1.71 bits per heavy atom. The van der Waals surface area contributed by atoms with Crippen molar-refractivity contribution in [3.05, 3.63) is 24.3 Å². The van der Waals surface area contributed by atoms with E-state index in [9.17, 15) is 13.2 Å². The highest BCUT2D eigenvalue weighted by molar-refractivity contribution is 7.89. The van der Waals surface area contributed by atoms with Crippen LogP contribution in [0.2, 0.25) is 0 Å². The summed E-state index contributed by atoms with van der Waals surface area (Å²) in [5.74, 6) is -0.191. The Bertz CT molecular complexity index is 574. The number of amides is 1. The van der Waals surface area contributed by atoms with Crippen LogP contribution in [-0.2, 0) is 14.8 Å². The molecule has 0 aromatic heterocycles. The Kier molecular flexibility index (Phi) is 5.88. The highest BCUT2D eigenvalue weighted by Crippen LogP contribution is 2.13. The van der Waals surface area contributed by atoms with Gasteiger partial charge in [0.1, 0.15) is 0 Å². The molecule has 0 saturated heterocycles. The van der Waals surface area contributed by atoms with Gasteiger partial charge in [-0.25, -0.2) is 13.1 Å². The second kappa shape index (κ2) is 7.02. The van der Waals surface area contributed by atoms with Crippen molar-refractivity contribution in [1.82, 2.24) is 4.72 Å². The molecule has 1 amide bonds. The van der Waals surface area contributed by atoms with Crippen molar-refractivity contribution in [2.24, 2.45) is 0 Å². The topological polar surface area (TPSA) is 75.3 Å². The van der Waals surface area contributed by atoms with E-state index < -0.39 is 10.0 Å². The lowest BCUT2D eigenvalue weighted by Crippen LogP contribution is -2.37. The number of nitrogens with zero attached hydrogens (tertiary/aromatic N) is 1. The van der Waals surface area contributed by atoms with E-state index in [2.05, 4.69) is 31.2 Å². The number of hydrogen-bond acceptors (Lipinski definition) is 3. The van der Waals surface area contributed by atoms with Gasteiger partial charge in [-0.15, -0.1) is 0 Å². The summed E-state index contributed by atoms with van der Waals surface area (Å²) in [4.78, 5) is 11.1. The molecule has 21 heavy (non-hydrogen) atoms. The lowest BCUT2D eigenvalue weighted by atomic mass is 10.3. The second-order valence-electron chi connectivity index (χ2n) is 5.97. The van der Waals surface area contributed by atoms with E-state index in [1.165, 1.54) is 19.1 Å². The van der Waals surface area contributed by atoms with Gasteiger partial charge in [0.2, 0.25) is 15.9 Å². The molecule has 0 heterocycles. The first-order chi connectivity index (χ1) is 9.60. The summed E-state index contributed by atoms with van der Waals surface area (Å²) in [6, 6.07) is 6.10. The van der Waals surface area contributed by atoms with Crippen molar-refractivity contribution in [1.29, 1.82) is 0 Å². The summed E-state index contributed by atoms with van der Waals surface area (Å²) < 4.78 is 27.6. The maximum atomic E-state index is 12.1. The average Bonchev–Trinajstić information content (AvgIpc) is 2.33. The normalized spacial score (nSPS) is 12.2. The van der Waals surface area contributed by atoms with Crippen molar-refractivity contribution < 1.29 is 17.7 Å². The van der Waals surface area contributed by atoms with E-state index in [1.807, 2.05) is 0 Å². The van der Waals surface area contributed by atoms with Crippen LogP contribution in [0.1, 0.15) is 13.3 Å². The molecule has 0 aliphatic rings. The van der Waals surface area contributed by atoms with E-state index in [0.717, 1.165) is 17.4 Å². The first-order valence-electron chi connectivity index (χ1n) is 6.78. The van der Waals surface area contributed by atoms with Crippen molar-refractivity contribution in [2.45, 2.75) is 18.2 Å². The van der Waals surface area contributed by atoms with Gasteiger partial charge < -0.3 is 9.80 Å². The van der Waals surface area contributed by atoms with Gasteiger partial charge in [-0.1, -0.05) is 0 Å². The fourth-order valence-electron chi connectivity index (χ4n) is 1.76. The third-order valence-corrected chi connectivity index (χ3v) is 4.26. The van der Waals surface area contributed by atoms with Crippen molar-refractivity contribution >= 4 is 21.6 Å². The quantitative estimate of drug-likeness (QED) is 0.583. The molecule has 0 spiro atoms. The van der Waals surface area contributed by atoms with Crippen LogP contribution < -0.4 is 10.0 Å². The maximum Gasteiger partial charge on any atom is 0.240 e. The standard InChI is InChI=1S/C14H23N3O3S/c1-12(18)16-13-6-8-14(9-7-13)21(19,20)15-10-5-11-17(2,3)4/h6-9,15H,5,10-11H2,1-4H3/p+1. The molecular weight excluding hydrogens is 290 g/mol. The van der Waals surface area contributed by atoms with Crippen molar-refractivity contribution in [3.8, 4) is 0 Å². The van der Waals surface area contributed by atoms with E-state index in [4.69, 9.17) is 0 Å². The van der Waals surface area contributed by atoms with E-state index in [-0.39, 0.29) is 10.8 Å². The zero-order valence-electron chi connectivity index (χ0n) is 13.0. The van der Waals surface area contributed by atoms with Crippen LogP contribution in [0.15, 0.2) is 29.2 Å². The van der Waals surface area contributed by atoms with Crippen LogP contribution in [0, 0.1) is 0 Å². The number of nitrogens with one attached hydrogen (secondary N) is 2. The number of carbonyl (C=O) groups is 1. The van der Waals surface area contributed by atoms with Gasteiger partial charge in [0, 0.05) is 25.6 Å². The van der Waals surface area contributed by atoms with Gasteiger partial charge >= 0.3 is 0 Å². The molecule has 0 aliphatic heterocycles.